The number of amides is 1. The molecule has 0 unspecified atom stereocenters. The highest BCUT2D eigenvalue weighted by atomic mass is 32.1. The third-order valence-electron chi connectivity index (χ3n) is 4.58. The lowest BCUT2D eigenvalue weighted by Crippen LogP contribution is -2.31. The second kappa shape index (κ2) is 6.37. The number of nitrogens with zero attached hydrogens (tertiary/aromatic N) is 2. The molecule has 128 valence electrons. The molecule has 1 aliphatic heterocycles. The number of ether oxygens (including phenoxy) is 1. The summed E-state index contributed by atoms with van der Waals surface area (Å²) in [6.07, 6.45) is 1.21. The Bertz CT molecular complexity index is 951. The number of methoxy groups -OCH3 is 1. The lowest BCUT2D eigenvalue weighted by Gasteiger charge is -2.29. The van der Waals surface area contributed by atoms with E-state index >= 15 is 0 Å². The van der Waals surface area contributed by atoms with Crippen molar-refractivity contribution in [3.8, 4) is 5.75 Å². The van der Waals surface area contributed by atoms with Gasteiger partial charge in [-0.15, -0.1) is 0 Å². The van der Waals surface area contributed by atoms with Gasteiger partial charge in [0.05, 0.1) is 23.7 Å². The van der Waals surface area contributed by atoms with Crippen LogP contribution in [0.2, 0.25) is 0 Å². The molecule has 0 bridgehead atoms. The van der Waals surface area contributed by atoms with E-state index in [2.05, 4.69) is 11.0 Å². The van der Waals surface area contributed by atoms with E-state index in [9.17, 15) is 4.79 Å². The van der Waals surface area contributed by atoms with Crippen molar-refractivity contribution in [3.05, 3.63) is 53.1 Å². The quantitative estimate of drug-likeness (QED) is 0.783. The summed E-state index contributed by atoms with van der Waals surface area (Å²) in [5, 5.41) is 1.02. The first-order chi connectivity index (χ1) is 12.1. The number of aromatic nitrogens is 1. The summed E-state index contributed by atoms with van der Waals surface area (Å²) >= 11 is 1.68. The summed E-state index contributed by atoms with van der Waals surface area (Å²) in [7, 11) is 1.67. The highest BCUT2D eigenvalue weighted by Gasteiger charge is 2.21. The van der Waals surface area contributed by atoms with E-state index in [1.165, 1.54) is 11.1 Å². The van der Waals surface area contributed by atoms with Gasteiger partial charge in [0.1, 0.15) is 5.75 Å². The summed E-state index contributed by atoms with van der Waals surface area (Å²) in [6, 6.07) is 12.1. The zero-order valence-corrected chi connectivity index (χ0v) is 14.8. The van der Waals surface area contributed by atoms with E-state index in [4.69, 9.17) is 15.5 Å². The minimum Gasteiger partial charge on any atom is -0.497 e. The smallest absolute Gasteiger partial charge is 0.221 e. The third-order valence-corrected chi connectivity index (χ3v) is 5.66. The van der Waals surface area contributed by atoms with Crippen LogP contribution in [0.4, 0.5) is 5.13 Å². The van der Waals surface area contributed by atoms with Crippen LogP contribution in [0, 0.1) is 0 Å². The van der Waals surface area contributed by atoms with E-state index < -0.39 is 0 Å². The molecular formula is C19H19N3O2S. The monoisotopic (exact) mass is 353 g/mol. The normalized spacial score (nSPS) is 13.7. The fraction of sp³-hybridized carbons (Fsp3) is 0.263. The maximum Gasteiger partial charge on any atom is 0.221 e. The first-order valence-electron chi connectivity index (χ1n) is 8.21. The maximum atomic E-state index is 11.3. The van der Waals surface area contributed by atoms with E-state index in [1.807, 2.05) is 30.3 Å². The van der Waals surface area contributed by atoms with Gasteiger partial charge in [-0.25, -0.2) is 4.98 Å². The Labute approximate surface area is 150 Å². The van der Waals surface area contributed by atoms with Gasteiger partial charge in [-0.2, -0.15) is 0 Å². The van der Waals surface area contributed by atoms with E-state index in [0.717, 1.165) is 46.2 Å². The Morgan fingerprint density at radius 3 is 3.04 bits per heavy atom. The zero-order valence-electron chi connectivity index (χ0n) is 14.0. The number of primary amides is 1. The van der Waals surface area contributed by atoms with Crippen LogP contribution >= 0.6 is 11.3 Å². The van der Waals surface area contributed by atoms with E-state index in [0.29, 0.717) is 6.42 Å². The SMILES string of the molecule is COc1ccc2nc(N3CCc4c(CC(N)=O)cccc4C3)sc2c1. The van der Waals surface area contributed by atoms with Gasteiger partial charge in [0, 0.05) is 13.1 Å². The molecule has 2 N–H and O–H groups in total. The van der Waals surface area contributed by atoms with Gasteiger partial charge in [-0.05, 0) is 41.3 Å². The molecule has 6 heteroatoms. The number of fused-ring (bicyclic) bond motifs is 2. The van der Waals surface area contributed by atoms with Crippen molar-refractivity contribution in [1.29, 1.82) is 0 Å². The molecule has 2 aromatic carbocycles. The first kappa shape index (κ1) is 15.9. The molecule has 1 aliphatic rings. The summed E-state index contributed by atoms with van der Waals surface area (Å²) in [6.45, 7) is 1.69. The van der Waals surface area contributed by atoms with Crippen molar-refractivity contribution in [1.82, 2.24) is 4.98 Å². The van der Waals surface area contributed by atoms with Gasteiger partial charge in [0.25, 0.3) is 0 Å². The number of nitrogens with two attached hydrogens (primary N) is 1. The molecule has 4 rings (SSSR count). The average Bonchev–Trinajstić information content (AvgIpc) is 3.04. The number of rotatable bonds is 4. The van der Waals surface area contributed by atoms with Gasteiger partial charge in [-0.1, -0.05) is 29.5 Å². The Hall–Kier alpha value is -2.60. The predicted octanol–water partition coefficient (Wildman–Crippen LogP) is 2.90. The minimum atomic E-state index is -0.282. The van der Waals surface area contributed by atoms with Crippen LogP contribution in [0.5, 0.6) is 5.75 Å². The highest BCUT2D eigenvalue weighted by molar-refractivity contribution is 7.22. The molecule has 1 amide bonds. The molecule has 0 saturated carbocycles. The van der Waals surface area contributed by atoms with E-state index in [1.54, 1.807) is 18.4 Å². The summed E-state index contributed by atoms with van der Waals surface area (Å²) in [4.78, 5) is 18.4. The van der Waals surface area contributed by atoms with Gasteiger partial charge in [-0.3, -0.25) is 4.79 Å². The summed E-state index contributed by atoms with van der Waals surface area (Å²) < 4.78 is 6.42. The number of anilines is 1. The molecule has 0 aliphatic carbocycles. The van der Waals surface area contributed by atoms with Gasteiger partial charge < -0.3 is 15.4 Å². The van der Waals surface area contributed by atoms with Crippen LogP contribution < -0.4 is 15.4 Å². The predicted molar refractivity (Wildman–Crippen MR) is 100 cm³/mol. The second-order valence-corrected chi connectivity index (χ2v) is 7.21. The Kier molecular flexibility index (Phi) is 4.05. The number of carbonyl (C=O) groups is 1. The van der Waals surface area contributed by atoms with Crippen LogP contribution in [-0.4, -0.2) is 24.5 Å². The van der Waals surface area contributed by atoms with Crippen LogP contribution in [0.3, 0.4) is 0 Å². The average molecular weight is 353 g/mol. The second-order valence-electron chi connectivity index (χ2n) is 6.20. The highest BCUT2D eigenvalue weighted by Crippen LogP contribution is 2.34. The minimum absolute atomic E-state index is 0.282. The number of thiazole rings is 1. The lowest BCUT2D eigenvalue weighted by atomic mass is 9.93. The van der Waals surface area contributed by atoms with Crippen LogP contribution in [-0.2, 0) is 24.2 Å². The fourth-order valence-corrected chi connectivity index (χ4v) is 4.38. The van der Waals surface area contributed by atoms with Crippen molar-refractivity contribution in [2.75, 3.05) is 18.6 Å². The van der Waals surface area contributed by atoms with Crippen LogP contribution in [0.15, 0.2) is 36.4 Å². The number of carbonyl (C=O) groups excluding carboxylic acids is 1. The van der Waals surface area contributed by atoms with Crippen LogP contribution in [0.1, 0.15) is 16.7 Å². The van der Waals surface area contributed by atoms with E-state index in [-0.39, 0.29) is 5.91 Å². The third kappa shape index (κ3) is 3.05. The summed E-state index contributed by atoms with van der Waals surface area (Å²) in [5.41, 5.74) is 9.94. The molecule has 0 saturated heterocycles. The van der Waals surface area contributed by atoms with Gasteiger partial charge in [0.15, 0.2) is 5.13 Å². The van der Waals surface area contributed by atoms with Gasteiger partial charge in [0.2, 0.25) is 5.91 Å². The summed E-state index contributed by atoms with van der Waals surface area (Å²) in [5.74, 6) is 0.568. The van der Waals surface area contributed by atoms with Crippen molar-refractivity contribution in [2.24, 2.45) is 5.73 Å². The topological polar surface area (TPSA) is 68.4 Å². The Morgan fingerprint density at radius 2 is 2.24 bits per heavy atom. The zero-order chi connectivity index (χ0) is 17.4. The maximum absolute atomic E-state index is 11.3. The van der Waals surface area contributed by atoms with Crippen molar-refractivity contribution < 1.29 is 9.53 Å². The number of hydrogen-bond acceptors (Lipinski definition) is 5. The molecule has 0 fully saturated rings. The van der Waals surface area contributed by atoms with Crippen molar-refractivity contribution in [2.45, 2.75) is 19.4 Å². The van der Waals surface area contributed by atoms with Crippen molar-refractivity contribution >= 4 is 32.6 Å². The molecule has 25 heavy (non-hydrogen) atoms. The Balaban J connectivity index is 1.63. The molecular weight excluding hydrogens is 334 g/mol. The first-order valence-corrected chi connectivity index (χ1v) is 9.03. The number of hydrogen-bond donors (Lipinski definition) is 1. The van der Waals surface area contributed by atoms with Crippen molar-refractivity contribution in [3.63, 3.8) is 0 Å². The Morgan fingerprint density at radius 1 is 1.36 bits per heavy atom. The molecule has 0 spiro atoms. The molecule has 5 nitrogen and oxygen atoms in total. The fourth-order valence-electron chi connectivity index (χ4n) is 3.36. The molecule has 0 atom stereocenters. The largest absolute Gasteiger partial charge is 0.497 e. The van der Waals surface area contributed by atoms with Gasteiger partial charge >= 0.3 is 0 Å². The molecule has 1 aromatic heterocycles. The molecule has 2 heterocycles. The number of benzene rings is 2. The lowest BCUT2D eigenvalue weighted by molar-refractivity contribution is -0.117. The standard InChI is InChI=1S/C19H19N3O2S/c1-24-14-5-6-16-17(10-14)25-19(21-16)22-8-7-15-12(9-18(20)23)3-2-4-13(15)11-22/h2-6,10H,7-9,11H2,1H3,(H2,20,23). The van der Waals surface area contributed by atoms with Crippen LogP contribution in [0.25, 0.3) is 10.2 Å². The molecule has 0 radical (unpaired) electrons. The molecule has 3 aromatic rings.